The zero-order valence-electron chi connectivity index (χ0n) is 13.5. The first kappa shape index (κ1) is 17.5. The monoisotopic (exact) mass is 353 g/mol. The molecule has 0 atom stereocenters. The van der Waals surface area contributed by atoms with Crippen LogP contribution in [0.1, 0.15) is 16.8 Å². The molecule has 1 saturated heterocycles. The number of hydrogen-bond acceptors (Lipinski definition) is 4. The van der Waals surface area contributed by atoms with Gasteiger partial charge in [0.2, 0.25) is 5.91 Å². The fourth-order valence-electron chi connectivity index (χ4n) is 2.93. The summed E-state index contributed by atoms with van der Waals surface area (Å²) in [6.07, 6.45) is -3.18. The van der Waals surface area contributed by atoms with E-state index < -0.39 is 11.7 Å². The Labute approximate surface area is 143 Å². The molecule has 8 heteroatoms. The lowest BCUT2D eigenvalue weighted by atomic mass is 10.0. The average molecular weight is 353 g/mol. The minimum Gasteiger partial charge on any atom is -0.364 e. The van der Waals surface area contributed by atoms with Crippen LogP contribution in [0.3, 0.4) is 0 Å². The zero-order valence-corrected chi connectivity index (χ0v) is 13.5. The quantitative estimate of drug-likeness (QED) is 0.848. The molecular formula is C17H18F3N3O2. The molecule has 0 saturated carbocycles. The summed E-state index contributed by atoms with van der Waals surface area (Å²) in [5.41, 5.74) is 0.0944. The van der Waals surface area contributed by atoms with Crippen LogP contribution in [-0.4, -0.2) is 47.0 Å². The molecule has 1 aromatic heterocycles. The molecule has 2 aromatic rings. The Bertz CT molecular complexity index is 708. The Hall–Kier alpha value is -2.35. The van der Waals surface area contributed by atoms with E-state index in [9.17, 15) is 18.0 Å². The summed E-state index contributed by atoms with van der Waals surface area (Å²) in [6.45, 7) is 2.92. The van der Waals surface area contributed by atoms with Gasteiger partial charge in [0.1, 0.15) is 6.26 Å². The number of halogens is 3. The SMILES string of the molecule is O=C(Cc1ccccc1C(F)(F)F)N1CCN(Cc2ccon2)CC1. The normalized spacial score (nSPS) is 16.2. The molecule has 1 aliphatic rings. The molecule has 0 N–H and O–H groups in total. The Balaban J connectivity index is 1.57. The van der Waals surface area contributed by atoms with Crippen molar-refractivity contribution in [1.29, 1.82) is 0 Å². The zero-order chi connectivity index (χ0) is 17.9. The Morgan fingerprint density at radius 2 is 1.84 bits per heavy atom. The van der Waals surface area contributed by atoms with Crippen molar-refractivity contribution >= 4 is 5.91 Å². The van der Waals surface area contributed by atoms with E-state index in [1.807, 2.05) is 0 Å². The van der Waals surface area contributed by atoms with Crippen LogP contribution in [0.15, 0.2) is 41.1 Å². The molecule has 3 rings (SSSR count). The third kappa shape index (κ3) is 4.39. The summed E-state index contributed by atoms with van der Waals surface area (Å²) >= 11 is 0. The largest absolute Gasteiger partial charge is 0.416 e. The van der Waals surface area contributed by atoms with E-state index in [4.69, 9.17) is 4.52 Å². The predicted octanol–water partition coefficient (Wildman–Crippen LogP) is 2.58. The van der Waals surface area contributed by atoms with Gasteiger partial charge < -0.3 is 9.42 Å². The van der Waals surface area contributed by atoms with Crippen LogP contribution in [-0.2, 0) is 23.9 Å². The van der Waals surface area contributed by atoms with Crippen molar-refractivity contribution in [3.63, 3.8) is 0 Å². The predicted molar refractivity (Wildman–Crippen MR) is 83.5 cm³/mol. The second-order valence-electron chi connectivity index (χ2n) is 5.98. The lowest BCUT2D eigenvalue weighted by Crippen LogP contribution is -2.48. The number of carbonyl (C=O) groups is 1. The van der Waals surface area contributed by atoms with Gasteiger partial charge in [0.25, 0.3) is 0 Å². The van der Waals surface area contributed by atoms with Crippen molar-refractivity contribution in [2.24, 2.45) is 0 Å². The number of piperazine rings is 1. The van der Waals surface area contributed by atoms with E-state index in [1.165, 1.54) is 24.5 Å². The highest BCUT2D eigenvalue weighted by Gasteiger charge is 2.34. The fourth-order valence-corrected chi connectivity index (χ4v) is 2.93. The molecule has 0 spiro atoms. The number of alkyl halides is 3. The third-order valence-corrected chi connectivity index (χ3v) is 4.27. The fraction of sp³-hybridized carbons (Fsp3) is 0.412. The molecule has 25 heavy (non-hydrogen) atoms. The van der Waals surface area contributed by atoms with Crippen LogP contribution in [0.25, 0.3) is 0 Å². The minimum atomic E-state index is -4.45. The van der Waals surface area contributed by atoms with Gasteiger partial charge in [0.15, 0.2) is 0 Å². The molecule has 134 valence electrons. The van der Waals surface area contributed by atoms with Gasteiger partial charge in [-0.05, 0) is 11.6 Å². The Morgan fingerprint density at radius 3 is 2.48 bits per heavy atom. The number of amides is 1. The lowest BCUT2D eigenvalue weighted by Gasteiger charge is -2.34. The molecule has 0 bridgehead atoms. The van der Waals surface area contributed by atoms with Gasteiger partial charge in [-0.1, -0.05) is 23.4 Å². The van der Waals surface area contributed by atoms with E-state index in [-0.39, 0.29) is 17.9 Å². The third-order valence-electron chi connectivity index (χ3n) is 4.27. The van der Waals surface area contributed by atoms with Crippen molar-refractivity contribution in [2.75, 3.05) is 26.2 Å². The van der Waals surface area contributed by atoms with Crippen LogP contribution in [0, 0.1) is 0 Å². The van der Waals surface area contributed by atoms with Crippen molar-refractivity contribution in [1.82, 2.24) is 15.0 Å². The van der Waals surface area contributed by atoms with Crippen LogP contribution < -0.4 is 0 Å². The van der Waals surface area contributed by atoms with E-state index in [1.54, 1.807) is 11.0 Å². The van der Waals surface area contributed by atoms with Crippen LogP contribution in [0.4, 0.5) is 13.2 Å². The molecule has 1 aromatic carbocycles. The molecule has 1 amide bonds. The summed E-state index contributed by atoms with van der Waals surface area (Å²) in [4.78, 5) is 16.1. The molecule has 5 nitrogen and oxygen atoms in total. The average Bonchev–Trinajstić information content (AvgIpc) is 3.08. The van der Waals surface area contributed by atoms with Crippen LogP contribution >= 0.6 is 0 Å². The standard InChI is InChI=1S/C17H18F3N3O2/c18-17(19,20)15-4-2-1-3-13(15)11-16(24)23-8-6-22(7-9-23)12-14-5-10-25-21-14/h1-5,10H,6-9,11-12H2. The van der Waals surface area contributed by atoms with E-state index in [0.29, 0.717) is 32.7 Å². The number of nitrogens with zero attached hydrogens (tertiary/aromatic N) is 3. The lowest BCUT2D eigenvalue weighted by molar-refractivity contribution is -0.138. The number of aromatic nitrogens is 1. The maximum Gasteiger partial charge on any atom is 0.416 e. The molecular weight excluding hydrogens is 335 g/mol. The first-order chi connectivity index (χ1) is 11.9. The van der Waals surface area contributed by atoms with Crippen LogP contribution in [0.2, 0.25) is 0 Å². The second kappa shape index (κ2) is 7.26. The smallest absolute Gasteiger partial charge is 0.364 e. The van der Waals surface area contributed by atoms with Gasteiger partial charge in [-0.2, -0.15) is 13.2 Å². The van der Waals surface area contributed by atoms with Gasteiger partial charge in [-0.25, -0.2) is 0 Å². The summed E-state index contributed by atoms with van der Waals surface area (Å²) in [6, 6.07) is 7.01. The van der Waals surface area contributed by atoms with Crippen molar-refractivity contribution in [3.8, 4) is 0 Å². The van der Waals surface area contributed by atoms with Gasteiger partial charge in [-0.3, -0.25) is 9.69 Å². The molecule has 0 aliphatic carbocycles. The molecule has 0 radical (unpaired) electrons. The number of carbonyl (C=O) groups excluding carboxylic acids is 1. The number of rotatable bonds is 4. The van der Waals surface area contributed by atoms with Gasteiger partial charge in [0, 0.05) is 38.8 Å². The Kier molecular flexibility index (Phi) is 5.08. The topological polar surface area (TPSA) is 49.6 Å². The summed E-state index contributed by atoms with van der Waals surface area (Å²) in [7, 11) is 0. The maximum atomic E-state index is 13.0. The van der Waals surface area contributed by atoms with E-state index in [0.717, 1.165) is 11.8 Å². The molecule has 0 unspecified atom stereocenters. The van der Waals surface area contributed by atoms with Crippen molar-refractivity contribution in [3.05, 3.63) is 53.4 Å². The van der Waals surface area contributed by atoms with Crippen molar-refractivity contribution in [2.45, 2.75) is 19.1 Å². The van der Waals surface area contributed by atoms with E-state index >= 15 is 0 Å². The van der Waals surface area contributed by atoms with Crippen molar-refractivity contribution < 1.29 is 22.5 Å². The second-order valence-corrected chi connectivity index (χ2v) is 5.98. The van der Waals surface area contributed by atoms with Crippen LogP contribution in [0.5, 0.6) is 0 Å². The van der Waals surface area contributed by atoms with Gasteiger partial charge >= 0.3 is 6.18 Å². The molecule has 1 aliphatic heterocycles. The maximum absolute atomic E-state index is 13.0. The summed E-state index contributed by atoms with van der Waals surface area (Å²) in [5, 5.41) is 3.85. The van der Waals surface area contributed by atoms with Gasteiger partial charge in [0.05, 0.1) is 17.7 Å². The highest BCUT2D eigenvalue weighted by Crippen LogP contribution is 2.32. The first-order valence-corrected chi connectivity index (χ1v) is 7.98. The minimum absolute atomic E-state index is 0.0185. The summed E-state index contributed by atoms with van der Waals surface area (Å²) in [5.74, 6) is -0.280. The number of hydrogen-bond donors (Lipinski definition) is 0. The number of benzene rings is 1. The Morgan fingerprint density at radius 1 is 1.12 bits per heavy atom. The van der Waals surface area contributed by atoms with Gasteiger partial charge in [-0.15, -0.1) is 0 Å². The first-order valence-electron chi connectivity index (χ1n) is 7.98. The molecule has 2 heterocycles. The van der Waals surface area contributed by atoms with E-state index in [2.05, 4.69) is 10.1 Å². The molecule has 1 fully saturated rings. The highest BCUT2D eigenvalue weighted by atomic mass is 19.4. The summed E-state index contributed by atoms with van der Waals surface area (Å²) < 4.78 is 43.9. The highest BCUT2D eigenvalue weighted by molar-refractivity contribution is 5.79.